The zero-order chi connectivity index (χ0) is 25.2. The summed E-state index contributed by atoms with van der Waals surface area (Å²) >= 11 is 0. The van der Waals surface area contributed by atoms with Crippen molar-refractivity contribution in [1.29, 1.82) is 0 Å². The van der Waals surface area contributed by atoms with Crippen LogP contribution in [0, 0.1) is 24.0 Å². The van der Waals surface area contributed by atoms with Gasteiger partial charge in [-0.25, -0.2) is 8.78 Å². The van der Waals surface area contributed by atoms with Crippen molar-refractivity contribution in [3.8, 4) is 11.5 Å². The van der Waals surface area contributed by atoms with E-state index in [1.54, 1.807) is 6.07 Å². The summed E-state index contributed by atoms with van der Waals surface area (Å²) < 4.78 is 39.8. The van der Waals surface area contributed by atoms with Crippen LogP contribution in [0.25, 0.3) is 0 Å². The number of carboxylic acid groups (broad SMARTS) is 1. The lowest BCUT2D eigenvalue weighted by atomic mass is 9.78. The summed E-state index contributed by atoms with van der Waals surface area (Å²) in [5, 5.41) is 9.95. The van der Waals surface area contributed by atoms with Crippen LogP contribution in [-0.2, 0) is 24.1 Å². The van der Waals surface area contributed by atoms with Gasteiger partial charge in [0.25, 0.3) is 0 Å². The number of hydrogen-bond donors (Lipinski definition) is 1. The van der Waals surface area contributed by atoms with Crippen LogP contribution in [0.2, 0.25) is 0 Å². The molecule has 5 nitrogen and oxygen atoms in total. The number of rotatable bonds is 9. The second-order valence-corrected chi connectivity index (χ2v) is 8.98. The van der Waals surface area contributed by atoms with E-state index in [9.17, 15) is 23.5 Å². The van der Waals surface area contributed by atoms with E-state index in [2.05, 4.69) is 6.07 Å². The number of benzene rings is 3. The minimum Gasteiger partial charge on any atom is -0.493 e. The fourth-order valence-electron chi connectivity index (χ4n) is 4.63. The molecule has 0 saturated heterocycles. The number of aliphatic carboxylic acids is 1. The molecule has 0 bridgehead atoms. The first-order chi connectivity index (χ1) is 16.7. The Morgan fingerprint density at radius 3 is 2.26 bits per heavy atom. The zero-order valence-corrected chi connectivity index (χ0v) is 19.6. The van der Waals surface area contributed by atoms with Crippen LogP contribution in [0.1, 0.15) is 39.0 Å². The molecule has 0 heterocycles. The van der Waals surface area contributed by atoms with Gasteiger partial charge in [-0.15, -0.1) is 0 Å². The molecule has 0 unspecified atom stereocenters. The van der Waals surface area contributed by atoms with Gasteiger partial charge in [0, 0.05) is 18.4 Å². The molecule has 1 aliphatic rings. The Kier molecular flexibility index (Phi) is 6.87. The molecule has 182 valence electrons. The second-order valence-electron chi connectivity index (χ2n) is 8.98. The van der Waals surface area contributed by atoms with E-state index in [4.69, 9.17) is 9.47 Å². The minimum absolute atomic E-state index is 0.0232. The minimum atomic E-state index is -1.62. The molecule has 0 aliphatic heterocycles. The topological polar surface area (TPSA) is 72.8 Å². The molecule has 7 heteroatoms. The highest BCUT2D eigenvalue weighted by Gasteiger charge is 2.47. The molecule has 4 rings (SSSR count). The zero-order valence-electron chi connectivity index (χ0n) is 19.6. The number of methoxy groups -OCH3 is 1. The molecule has 0 aromatic heterocycles. The number of fused-ring (bicyclic) bond motifs is 1. The Morgan fingerprint density at radius 1 is 0.971 bits per heavy atom. The maximum absolute atomic E-state index is 14.3. The van der Waals surface area contributed by atoms with E-state index in [-0.39, 0.29) is 29.5 Å². The number of hydrogen-bond acceptors (Lipinski definition) is 4. The standard InChI is InChI=1S/C28H26F2O5/c1-17-4-3-5-18(12-17)10-11-35-26-13-19(6-9-25(26)34-2)24(31)16-28(27(32)33)14-20-21(15-28)23(30)8-7-22(20)29/h3-9,12-13H,10-11,14-16H2,1-2H3,(H,32,33). The number of carbonyl (C=O) groups is 2. The summed E-state index contributed by atoms with van der Waals surface area (Å²) in [7, 11) is 1.49. The first kappa shape index (κ1) is 24.4. The molecule has 0 spiro atoms. The van der Waals surface area contributed by atoms with Crippen LogP contribution < -0.4 is 9.47 Å². The fraction of sp³-hybridized carbons (Fsp3) is 0.286. The molecule has 1 N–H and O–H groups in total. The smallest absolute Gasteiger partial charge is 0.310 e. The average Bonchev–Trinajstić information content (AvgIpc) is 3.24. The van der Waals surface area contributed by atoms with Crippen molar-refractivity contribution in [3.63, 3.8) is 0 Å². The Balaban J connectivity index is 1.52. The van der Waals surface area contributed by atoms with Crippen molar-refractivity contribution >= 4 is 11.8 Å². The van der Waals surface area contributed by atoms with Crippen molar-refractivity contribution in [2.75, 3.05) is 13.7 Å². The van der Waals surface area contributed by atoms with Gasteiger partial charge in [-0.3, -0.25) is 9.59 Å². The number of carbonyl (C=O) groups excluding carboxylic acids is 1. The maximum Gasteiger partial charge on any atom is 0.310 e. The van der Waals surface area contributed by atoms with Crippen molar-refractivity contribution in [2.45, 2.75) is 32.6 Å². The summed E-state index contributed by atoms with van der Waals surface area (Å²) in [4.78, 5) is 25.4. The molecule has 0 saturated carbocycles. The molecule has 0 fully saturated rings. The van der Waals surface area contributed by atoms with Gasteiger partial charge in [-0.1, -0.05) is 29.8 Å². The highest BCUT2D eigenvalue weighted by atomic mass is 19.1. The van der Waals surface area contributed by atoms with Gasteiger partial charge in [0.15, 0.2) is 17.3 Å². The lowest BCUT2D eigenvalue weighted by molar-refractivity contribution is -0.148. The number of Topliss-reactive ketones (excluding diaryl/α,β-unsaturated/α-hetero) is 1. The van der Waals surface area contributed by atoms with Crippen LogP contribution in [0.15, 0.2) is 54.6 Å². The van der Waals surface area contributed by atoms with Crippen molar-refractivity contribution < 1.29 is 33.0 Å². The highest BCUT2D eigenvalue weighted by molar-refractivity contribution is 5.99. The Hall–Kier alpha value is -3.74. The highest BCUT2D eigenvalue weighted by Crippen LogP contribution is 2.43. The van der Waals surface area contributed by atoms with Gasteiger partial charge in [0.05, 0.1) is 19.1 Å². The van der Waals surface area contributed by atoms with E-state index >= 15 is 0 Å². The molecule has 3 aromatic carbocycles. The predicted octanol–water partition coefficient (Wildman–Crippen LogP) is 5.35. The van der Waals surface area contributed by atoms with Gasteiger partial charge in [-0.05, 0) is 66.8 Å². The normalized spacial score (nSPS) is 13.8. The molecule has 0 atom stereocenters. The SMILES string of the molecule is COc1ccc(C(=O)CC2(C(=O)O)Cc3c(F)ccc(F)c3C2)cc1OCCc1cccc(C)c1. The Labute approximate surface area is 202 Å². The van der Waals surface area contributed by atoms with Gasteiger partial charge >= 0.3 is 5.97 Å². The number of ketones is 1. The van der Waals surface area contributed by atoms with E-state index in [1.807, 2.05) is 25.1 Å². The third-order valence-corrected chi connectivity index (χ3v) is 6.52. The molecule has 1 aliphatic carbocycles. The fourth-order valence-corrected chi connectivity index (χ4v) is 4.63. The molecular formula is C28H26F2O5. The monoisotopic (exact) mass is 480 g/mol. The maximum atomic E-state index is 14.3. The molecule has 0 amide bonds. The lowest BCUT2D eigenvalue weighted by Gasteiger charge is -2.23. The van der Waals surface area contributed by atoms with E-state index in [0.29, 0.717) is 24.5 Å². The van der Waals surface area contributed by atoms with Crippen molar-refractivity contribution in [2.24, 2.45) is 5.41 Å². The van der Waals surface area contributed by atoms with E-state index in [1.165, 1.54) is 19.2 Å². The van der Waals surface area contributed by atoms with Crippen LogP contribution in [0.5, 0.6) is 11.5 Å². The van der Waals surface area contributed by atoms with Gasteiger partial charge < -0.3 is 14.6 Å². The van der Waals surface area contributed by atoms with Crippen LogP contribution in [-0.4, -0.2) is 30.6 Å². The number of carboxylic acids is 1. The second kappa shape index (κ2) is 9.86. The molecule has 3 aromatic rings. The van der Waals surface area contributed by atoms with Gasteiger partial charge in [0.1, 0.15) is 11.6 Å². The molecule has 0 radical (unpaired) electrons. The van der Waals surface area contributed by atoms with E-state index in [0.717, 1.165) is 23.3 Å². The molecule has 35 heavy (non-hydrogen) atoms. The number of halogens is 2. The van der Waals surface area contributed by atoms with Crippen LogP contribution >= 0.6 is 0 Å². The number of aryl methyl sites for hydroxylation is 1. The predicted molar refractivity (Wildman–Crippen MR) is 126 cm³/mol. The van der Waals surface area contributed by atoms with Crippen LogP contribution in [0.3, 0.4) is 0 Å². The third kappa shape index (κ3) is 5.04. The Morgan fingerprint density at radius 2 is 1.66 bits per heavy atom. The molecular weight excluding hydrogens is 454 g/mol. The summed E-state index contributed by atoms with van der Waals surface area (Å²) in [5.74, 6) is -2.23. The largest absolute Gasteiger partial charge is 0.493 e. The summed E-state index contributed by atoms with van der Waals surface area (Å²) in [6.45, 7) is 2.36. The Bertz CT molecular complexity index is 1250. The van der Waals surface area contributed by atoms with Crippen molar-refractivity contribution in [1.82, 2.24) is 0 Å². The first-order valence-corrected chi connectivity index (χ1v) is 11.3. The summed E-state index contributed by atoms with van der Waals surface area (Å²) in [6, 6.07) is 14.7. The van der Waals surface area contributed by atoms with Crippen LogP contribution in [0.4, 0.5) is 8.78 Å². The average molecular weight is 481 g/mol. The lowest BCUT2D eigenvalue weighted by Crippen LogP contribution is -2.34. The van der Waals surface area contributed by atoms with E-state index < -0.39 is 35.2 Å². The summed E-state index contributed by atoms with van der Waals surface area (Å²) in [6.07, 6.45) is -0.239. The van der Waals surface area contributed by atoms with Crippen molar-refractivity contribution in [3.05, 3.63) is 94.0 Å². The van der Waals surface area contributed by atoms with Gasteiger partial charge in [-0.2, -0.15) is 0 Å². The van der Waals surface area contributed by atoms with Gasteiger partial charge in [0.2, 0.25) is 0 Å². The quantitative estimate of drug-likeness (QED) is 0.418. The summed E-state index contributed by atoms with van der Waals surface area (Å²) in [5.41, 5.74) is 0.932. The first-order valence-electron chi connectivity index (χ1n) is 11.3. The number of ether oxygens (including phenoxy) is 2. The third-order valence-electron chi connectivity index (χ3n) is 6.52.